The Balaban J connectivity index is 0.705. The zero-order valence-electron chi connectivity index (χ0n) is 59.3. The normalized spacial score (nSPS) is 50.8. The fourth-order valence-corrected chi connectivity index (χ4v) is 29.5. The van der Waals surface area contributed by atoms with Gasteiger partial charge in [-0.15, -0.1) is 12.3 Å². The zero-order chi connectivity index (χ0) is 65.6. The zero-order valence-corrected chi connectivity index (χ0v) is 59.3. The summed E-state index contributed by atoms with van der Waals surface area (Å²) in [4.78, 5) is 6.99. The standard InChI is InChI=1S/C87H123N9/c1-2-54-29-55(47-88)34-70(33-54)62-11-19-66(20-12-62)74-41-75(67-21-13-63(14-22-67)71-35-56(48-89)30-57(36-71)49-90)44-78(43-74)95-84-10-6-4-8-82(84)86-85(95)28-27-81-80-7-3-5-9-83(80)96(87(81)86)79-45-76(68-23-15-64(16-24-68)72-37-58(50-91)31-59(38-72)51-92)42-77(46-79)69-25-17-65(18-26-69)73-39-60(52-93)32-61(40-73)53-94/h1,54-87H,3-46H2. The second-order valence-electron chi connectivity index (χ2n) is 37.8. The summed E-state index contributed by atoms with van der Waals surface area (Å²) < 4.78 is 0. The third-order valence-electron chi connectivity index (χ3n) is 33.6. The lowest BCUT2D eigenvalue weighted by Crippen LogP contribution is -2.57. The van der Waals surface area contributed by atoms with Crippen molar-refractivity contribution in [3.8, 4) is 54.8 Å². The number of hydrogen-bond acceptors (Lipinski definition) is 9. The Morgan fingerprint density at radius 2 is 0.490 bits per heavy atom. The Bertz CT molecular complexity index is 2750. The van der Waals surface area contributed by atoms with Gasteiger partial charge in [0.05, 0.1) is 42.5 Å². The lowest BCUT2D eigenvalue weighted by atomic mass is 9.59. The van der Waals surface area contributed by atoms with Gasteiger partial charge in [-0.3, -0.25) is 9.80 Å². The molecule has 13 aliphatic carbocycles. The van der Waals surface area contributed by atoms with E-state index in [-0.39, 0.29) is 47.3 Å². The van der Waals surface area contributed by atoms with Crippen LogP contribution >= 0.6 is 0 Å². The molecule has 2 aliphatic heterocycles. The van der Waals surface area contributed by atoms with Crippen LogP contribution in [0.2, 0.25) is 0 Å². The second kappa shape index (κ2) is 30.2. The molecule has 15 fully saturated rings. The molecule has 0 N–H and O–H groups in total. The molecule has 0 aromatic carbocycles. The van der Waals surface area contributed by atoms with Crippen molar-refractivity contribution in [2.24, 2.45) is 166 Å². The molecule has 0 spiro atoms. The van der Waals surface area contributed by atoms with Gasteiger partial charge in [0, 0.05) is 83.6 Å². The molecule has 96 heavy (non-hydrogen) atoms. The Kier molecular flexibility index (Phi) is 21.3. The first-order valence-electron chi connectivity index (χ1n) is 41.9. The first kappa shape index (κ1) is 67.7. The third-order valence-corrected chi connectivity index (χ3v) is 33.6. The van der Waals surface area contributed by atoms with E-state index < -0.39 is 0 Å². The van der Waals surface area contributed by atoms with Crippen molar-refractivity contribution in [1.29, 1.82) is 36.8 Å². The molecule has 0 aromatic rings. The van der Waals surface area contributed by atoms with E-state index in [2.05, 4.69) is 58.2 Å². The summed E-state index contributed by atoms with van der Waals surface area (Å²) in [5.74, 6) is 18.6. The van der Waals surface area contributed by atoms with Gasteiger partial charge >= 0.3 is 0 Å². The fourth-order valence-electron chi connectivity index (χ4n) is 29.5. The highest BCUT2D eigenvalue weighted by molar-refractivity contribution is 5.18. The van der Waals surface area contributed by atoms with Crippen LogP contribution in [0.4, 0.5) is 0 Å². The van der Waals surface area contributed by atoms with E-state index in [1.807, 2.05) is 0 Å². The van der Waals surface area contributed by atoms with E-state index in [4.69, 9.17) is 6.42 Å². The van der Waals surface area contributed by atoms with Gasteiger partial charge < -0.3 is 0 Å². The van der Waals surface area contributed by atoms with Gasteiger partial charge in [-0.25, -0.2) is 0 Å². The highest BCUT2D eigenvalue weighted by atomic mass is 15.3. The molecule has 9 heteroatoms. The Hall–Kier alpha value is -4.09. The van der Waals surface area contributed by atoms with Crippen LogP contribution in [0.15, 0.2) is 0 Å². The number of fused-ring (bicyclic) bond motifs is 7. The smallest absolute Gasteiger partial charge is 0.0656 e. The number of hydrogen-bond donors (Lipinski definition) is 0. The number of likely N-dealkylation sites (tertiary alicyclic amines) is 2. The summed E-state index contributed by atoms with van der Waals surface area (Å²) >= 11 is 0. The highest BCUT2D eigenvalue weighted by Gasteiger charge is 2.65. The lowest BCUT2D eigenvalue weighted by molar-refractivity contribution is -0.0372. The Morgan fingerprint density at radius 3 is 0.812 bits per heavy atom. The summed E-state index contributed by atoms with van der Waals surface area (Å²) in [6.07, 6.45) is 61.9. The van der Waals surface area contributed by atoms with Gasteiger partial charge in [-0.2, -0.15) is 36.8 Å². The molecule has 0 aromatic heterocycles. The lowest BCUT2D eigenvalue weighted by Gasteiger charge is -2.53. The van der Waals surface area contributed by atoms with Crippen LogP contribution in [-0.2, 0) is 0 Å². The van der Waals surface area contributed by atoms with Crippen LogP contribution in [-0.4, -0.2) is 46.1 Å². The van der Waals surface area contributed by atoms with Crippen LogP contribution in [0, 0.1) is 257 Å². The predicted octanol–water partition coefficient (Wildman–Crippen LogP) is 19.7. The van der Waals surface area contributed by atoms with E-state index in [1.165, 1.54) is 205 Å². The van der Waals surface area contributed by atoms with Crippen molar-refractivity contribution < 1.29 is 0 Å². The molecular formula is C87H123N9. The van der Waals surface area contributed by atoms with Gasteiger partial charge in [-0.1, -0.05) is 25.7 Å². The predicted molar refractivity (Wildman–Crippen MR) is 375 cm³/mol. The van der Waals surface area contributed by atoms with Gasteiger partial charge in [0.2, 0.25) is 0 Å². The number of nitrogens with zero attached hydrogens (tertiary/aromatic N) is 9. The molecule has 0 radical (unpaired) electrons. The van der Waals surface area contributed by atoms with Crippen LogP contribution in [0.25, 0.3) is 0 Å². The maximum Gasteiger partial charge on any atom is 0.0656 e. The molecule has 0 bridgehead atoms. The van der Waals surface area contributed by atoms with E-state index in [9.17, 15) is 36.8 Å². The number of rotatable bonds is 10. The molecule has 22 atom stereocenters. The van der Waals surface area contributed by atoms with Gasteiger partial charge in [0.25, 0.3) is 0 Å². The van der Waals surface area contributed by atoms with Crippen molar-refractivity contribution >= 4 is 0 Å². The van der Waals surface area contributed by atoms with E-state index in [0.29, 0.717) is 53.5 Å². The van der Waals surface area contributed by atoms with Crippen molar-refractivity contribution in [2.45, 2.75) is 319 Å². The minimum atomic E-state index is 0.0502. The van der Waals surface area contributed by atoms with Crippen LogP contribution in [0.1, 0.15) is 283 Å². The Morgan fingerprint density at radius 1 is 0.219 bits per heavy atom. The molecule has 15 aliphatic rings. The second-order valence-corrected chi connectivity index (χ2v) is 37.8. The summed E-state index contributed by atoms with van der Waals surface area (Å²) in [6, 6.07) is 22.8. The first-order valence-corrected chi connectivity index (χ1v) is 41.9. The molecule has 9 nitrogen and oxygen atoms in total. The maximum atomic E-state index is 10.2. The minimum Gasteiger partial charge on any atom is -0.294 e. The minimum absolute atomic E-state index is 0.0502. The first-order chi connectivity index (χ1) is 47.1. The van der Waals surface area contributed by atoms with Gasteiger partial charge in [0.15, 0.2) is 0 Å². The summed E-state index contributed by atoms with van der Waals surface area (Å²) in [5, 5.41) is 71.0. The SMILES string of the molecule is C#CC1CC(C#N)CC(C2CCC(C3CC(C4CCC(C5CC(C#N)CC(C#N)C5)CC4)CC(N4C5CCCCC5C5C4CCC4C6CCCCC6N(C6CC(C7CCC(C8CC(C#N)CC(C#N)C8)CC7)CC(C7CCC(C8CC(C#N)CC(C#N)C8)CC7)C6)C45)C3)CC2)C1. The third kappa shape index (κ3) is 13.8. The molecule has 2 heterocycles. The average molecular weight is 1300 g/mol. The molecule has 15 rings (SSSR count). The molecule has 22 unspecified atom stereocenters. The summed E-state index contributed by atoms with van der Waals surface area (Å²) in [6.45, 7) is 0. The van der Waals surface area contributed by atoms with Crippen molar-refractivity contribution in [2.75, 3.05) is 0 Å². The molecule has 0 amide bonds. The summed E-state index contributed by atoms with van der Waals surface area (Å²) in [7, 11) is 0. The van der Waals surface area contributed by atoms with Gasteiger partial charge in [-0.05, 0) is 375 Å². The molecule has 516 valence electrons. The molecule has 2 saturated heterocycles. The van der Waals surface area contributed by atoms with E-state index >= 15 is 0 Å². The highest BCUT2D eigenvalue weighted by Crippen LogP contribution is 2.63. The largest absolute Gasteiger partial charge is 0.294 e. The number of nitriles is 7. The van der Waals surface area contributed by atoms with Crippen molar-refractivity contribution in [1.82, 2.24) is 9.80 Å². The van der Waals surface area contributed by atoms with E-state index in [0.717, 1.165) is 178 Å². The van der Waals surface area contributed by atoms with E-state index in [1.54, 1.807) is 0 Å². The average Bonchev–Trinajstić information content (AvgIpc) is 1.54. The molecule has 13 saturated carbocycles. The van der Waals surface area contributed by atoms with Gasteiger partial charge in [0.1, 0.15) is 0 Å². The van der Waals surface area contributed by atoms with Crippen LogP contribution in [0.5, 0.6) is 0 Å². The van der Waals surface area contributed by atoms with Crippen molar-refractivity contribution in [3.05, 3.63) is 0 Å². The topological polar surface area (TPSA) is 173 Å². The molecular weight excluding hydrogens is 1170 g/mol. The maximum absolute atomic E-state index is 10.2. The monoisotopic (exact) mass is 1290 g/mol. The summed E-state index contributed by atoms with van der Waals surface area (Å²) in [5.41, 5.74) is 0. The van der Waals surface area contributed by atoms with Crippen LogP contribution < -0.4 is 0 Å². The quantitative estimate of drug-likeness (QED) is 0.193. The number of terminal acetylenes is 1. The van der Waals surface area contributed by atoms with Crippen LogP contribution in [0.3, 0.4) is 0 Å². The fraction of sp³-hybridized carbons (Fsp3) is 0.897. The van der Waals surface area contributed by atoms with Crippen molar-refractivity contribution in [3.63, 3.8) is 0 Å². The Labute approximate surface area is 582 Å².